The summed E-state index contributed by atoms with van der Waals surface area (Å²) in [6, 6.07) is 37.2. The number of benzene rings is 4. The molecule has 8 heteroatoms. The van der Waals surface area contributed by atoms with Crippen molar-refractivity contribution in [3.05, 3.63) is 161 Å². The summed E-state index contributed by atoms with van der Waals surface area (Å²) in [6.07, 6.45) is 2.22. The molecule has 0 bridgehead atoms. The zero-order valence-corrected chi connectivity index (χ0v) is 27.9. The highest BCUT2D eigenvalue weighted by Gasteiger charge is 2.34. The lowest BCUT2D eigenvalue weighted by molar-refractivity contribution is -0.253. The van der Waals surface area contributed by atoms with Gasteiger partial charge in [0.05, 0.1) is 30.5 Å². The quantitative estimate of drug-likeness (QED) is 0.136. The average molecular weight is 658 g/mol. The number of carbonyl (C=O) groups is 1. The molecule has 1 aromatic heterocycles. The summed E-state index contributed by atoms with van der Waals surface area (Å²) in [5.74, 6) is -0.172. The maximum atomic E-state index is 12.7. The topological polar surface area (TPSA) is 104 Å². The van der Waals surface area contributed by atoms with Gasteiger partial charge in [0.1, 0.15) is 0 Å². The van der Waals surface area contributed by atoms with Crippen LogP contribution in [0.3, 0.4) is 0 Å². The molecule has 0 aliphatic carbocycles. The molecule has 8 nitrogen and oxygen atoms in total. The number of aromatic nitrogens is 1. The van der Waals surface area contributed by atoms with Crippen LogP contribution in [0.1, 0.15) is 70.0 Å². The van der Waals surface area contributed by atoms with E-state index in [0.29, 0.717) is 25.1 Å². The molecule has 0 radical (unpaired) electrons. The number of carbonyl (C=O) groups excluding carboxylic acids is 1. The first-order valence-electron chi connectivity index (χ1n) is 16.7. The first-order chi connectivity index (χ1) is 23.9. The molecule has 0 saturated carbocycles. The van der Waals surface area contributed by atoms with E-state index in [4.69, 9.17) is 9.47 Å². The maximum Gasteiger partial charge on any atom is 0.253 e. The van der Waals surface area contributed by atoms with E-state index in [0.717, 1.165) is 38.9 Å². The predicted molar refractivity (Wildman–Crippen MR) is 189 cm³/mol. The molecule has 2 heterocycles. The largest absolute Gasteiger partial charge is 0.392 e. The fourth-order valence-electron chi connectivity index (χ4n) is 6.24. The van der Waals surface area contributed by atoms with Gasteiger partial charge in [-0.2, -0.15) is 0 Å². The molecule has 1 aliphatic rings. The van der Waals surface area contributed by atoms with Gasteiger partial charge < -0.3 is 25.0 Å². The molecular weight excluding hydrogens is 614 g/mol. The van der Waals surface area contributed by atoms with Crippen molar-refractivity contribution >= 4 is 5.91 Å². The van der Waals surface area contributed by atoms with Gasteiger partial charge >= 0.3 is 0 Å². The average Bonchev–Trinajstić information content (AvgIpc) is 3.17. The summed E-state index contributed by atoms with van der Waals surface area (Å²) >= 11 is 0. The van der Waals surface area contributed by atoms with Crippen molar-refractivity contribution in [2.45, 2.75) is 57.1 Å². The standard InChI is InChI=1S/C41H43N3O5/c1-28(39(46)32-9-4-3-5-10-32)44(2)26-36-23-38(31-16-14-29(27-45)15-17-31)49-41(48-36)33-20-18-30(19-21-33)37-13-7-6-11-34(37)25-43-40(47)35-12-8-22-42-24-35/h3-22,24,28,36,38-39,41,45-46H,23,25-27H2,1-2H3,(H,43,47)/t28-,36+,38-,39-,41-/m0/s1. The Kier molecular flexibility index (Phi) is 11.3. The number of hydrogen-bond donors (Lipinski definition) is 3. The first kappa shape index (κ1) is 34.2. The second-order valence-corrected chi connectivity index (χ2v) is 12.6. The van der Waals surface area contributed by atoms with E-state index in [1.54, 1.807) is 24.5 Å². The first-order valence-corrected chi connectivity index (χ1v) is 16.7. The second kappa shape index (κ2) is 16.1. The van der Waals surface area contributed by atoms with E-state index in [2.05, 4.69) is 33.4 Å². The van der Waals surface area contributed by atoms with Gasteiger partial charge in [0, 0.05) is 43.5 Å². The van der Waals surface area contributed by atoms with Crippen molar-refractivity contribution in [3.63, 3.8) is 0 Å². The highest BCUT2D eigenvalue weighted by atomic mass is 16.7. The smallest absolute Gasteiger partial charge is 0.253 e. The maximum absolute atomic E-state index is 12.7. The van der Waals surface area contributed by atoms with Crippen molar-refractivity contribution in [2.75, 3.05) is 13.6 Å². The molecule has 4 aromatic carbocycles. The van der Waals surface area contributed by atoms with Crippen LogP contribution in [0.25, 0.3) is 11.1 Å². The van der Waals surface area contributed by atoms with Gasteiger partial charge in [0.15, 0.2) is 6.29 Å². The second-order valence-electron chi connectivity index (χ2n) is 12.6. The Hall–Kier alpha value is -4.70. The van der Waals surface area contributed by atoms with Crippen molar-refractivity contribution in [1.82, 2.24) is 15.2 Å². The number of rotatable bonds is 12. The van der Waals surface area contributed by atoms with Crippen LogP contribution >= 0.6 is 0 Å². The van der Waals surface area contributed by atoms with Crippen molar-refractivity contribution in [2.24, 2.45) is 0 Å². The molecule has 5 atom stereocenters. The summed E-state index contributed by atoms with van der Waals surface area (Å²) in [4.78, 5) is 18.9. The van der Waals surface area contributed by atoms with Crippen LogP contribution in [0.2, 0.25) is 0 Å². The van der Waals surface area contributed by atoms with Crippen molar-refractivity contribution in [3.8, 4) is 11.1 Å². The summed E-state index contributed by atoms with van der Waals surface area (Å²) in [5, 5.41) is 23.7. The fourth-order valence-corrected chi connectivity index (χ4v) is 6.24. The number of ether oxygens (including phenoxy) is 2. The summed E-state index contributed by atoms with van der Waals surface area (Å²) in [5.41, 5.74) is 7.21. The molecule has 6 rings (SSSR count). The Bertz CT molecular complexity index is 1780. The number of aliphatic hydroxyl groups is 2. The number of hydrogen-bond acceptors (Lipinski definition) is 7. The Morgan fingerprint density at radius 3 is 2.33 bits per heavy atom. The third kappa shape index (κ3) is 8.48. The number of pyridine rings is 1. The van der Waals surface area contributed by atoms with Gasteiger partial charge in [0.25, 0.3) is 5.91 Å². The molecule has 1 saturated heterocycles. The fraction of sp³-hybridized carbons (Fsp3) is 0.268. The van der Waals surface area contributed by atoms with Crippen LogP contribution in [0.5, 0.6) is 0 Å². The predicted octanol–water partition coefficient (Wildman–Crippen LogP) is 6.77. The monoisotopic (exact) mass is 657 g/mol. The third-order valence-electron chi connectivity index (χ3n) is 9.27. The zero-order chi connectivity index (χ0) is 34.2. The van der Waals surface area contributed by atoms with Crippen LogP contribution in [0, 0.1) is 0 Å². The minimum Gasteiger partial charge on any atom is -0.392 e. The highest BCUT2D eigenvalue weighted by Crippen LogP contribution is 2.39. The van der Waals surface area contributed by atoms with E-state index < -0.39 is 12.4 Å². The molecule has 49 heavy (non-hydrogen) atoms. The third-order valence-corrected chi connectivity index (χ3v) is 9.27. The molecule has 3 N–H and O–H groups in total. The summed E-state index contributed by atoms with van der Waals surface area (Å²) < 4.78 is 13.2. The molecule has 1 aliphatic heterocycles. The molecular formula is C41H43N3O5. The van der Waals surface area contributed by atoms with Crippen LogP contribution in [-0.2, 0) is 22.6 Å². The minimum absolute atomic E-state index is 0.0149. The minimum atomic E-state index is -0.636. The van der Waals surface area contributed by atoms with Crippen LogP contribution in [0.15, 0.2) is 128 Å². The lowest BCUT2D eigenvalue weighted by atomic mass is 9.97. The summed E-state index contributed by atoms with van der Waals surface area (Å²) in [6.45, 7) is 3.00. The lowest BCUT2D eigenvalue weighted by Gasteiger charge is -2.39. The van der Waals surface area contributed by atoms with Crippen molar-refractivity contribution < 1.29 is 24.5 Å². The van der Waals surface area contributed by atoms with E-state index in [1.807, 2.05) is 98.9 Å². The van der Waals surface area contributed by atoms with Crippen LogP contribution in [-0.4, -0.2) is 51.7 Å². The molecule has 1 fully saturated rings. The Morgan fingerprint density at radius 2 is 1.61 bits per heavy atom. The molecule has 1 amide bonds. The number of likely N-dealkylation sites (N-methyl/N-ethyl adjacent to an activating group) is 1. The van der Waals surface area contributed by atoms with Gasteiger partial charge in [-0.3, -0.25) is 14.7 Å². The number of nitrogens with one attached hydrogen (secondary N) is 1. The molecule has 252 valence electrons. The van der Waals surface area contributed by atoms with Gasteiger partial charge in [0.2, 0.25) is 0 Å². The van der Waals surface area contributed by atoms with E-state index in [9.17, 15) is 15.0 Å². The zero-order valence-electron chi connectivity index (χ0n) is 27.9. The van der Waals surface area contributed by atoms with E-state index >= 15 is 0 Å². The SMILES string of the molecule is C[C@@H]([C@H](O)c1ccccc1)N(C)C[C@H]1C[C@@H](c2ccc(CO)cc2)O[C@@H](c2ccc(-c3ccccc3CNC(=O)c3cccnc3)cc2)O1. The summed E-state index contributed by atoms with van der Waals surface area (Å²) in [7, 11) is 2.01. The highest BCUT2D eigenvalue weighted by molar-refractivity contribution is 5.93. The Morgan fingerprint density at radius 1 is 0.898 bits per heavy atom. The number of nitrogens with zero attached hydrogens (tertiary/aromatic N) is 2. The molecule has 0 unspecified atom stereocenters. The van der Waals surface area contributed by atoms with Gasteiger partial charge in [-0.25, -0.2) is 0 Å². The Labute approximate surface area is 288 Å². The normalized spacial score (nSPS) is 18.9. The number of amides is 1. The lowest BCUT2D eigenvalue weighted by Crippen LogP contribution is -2.43. The van der Waals surface area contributed by atoms with Crippen molar-refractivity contribution in [1.29, 1.82) is 0 Å². The number of aliphatic hydroxyl groups excluding tert-OH is 2. The van der Waals surface area contributed by atoms with Gasteiger partial charge in [-0.1, -0.05) is 103 Å². The molecule has 5 aromatic rings. The van der Waals surface area contributed by atoms with Crippen LogP contribution < -0.4 is 5.32 Å². The molecule has 0 spiro atoms. The van der Waals surface area contributed by atoms with Gasteiger partial charge in [-0.15, -0.1) is 0 Å². The van der Waals surface area contributed by atoms with Gasteiger partial charge in [-0.05, 0) is 59.5 Å². The van der Waals surface area contributed by atoms with E-state index in [1.165, 1.54) is 0 Å². The van der Waals surface area contributed by atoms with Crippen LogP contribution in [0.4, 0.5) is 0 Å². The van der Waals surface area contributed by atoms with E-state index in [-0.39, 0.29) is 30.8 Å². The Balaban J connectivity index is 1.19.